The Morgan fingerprint density at radius 2 is 2.00 bits per heavy atom. The van der Waals surface area contributed by atoms with Crippen LogP contribution in [0.2, 0.25) is 0 Å². The molecule has 190 valence electrons. The Bertz CT molecular complexity index is 1290. The number of nitrogens with two attached hydrogens (primary N) is 1. The molecular formula is C27H35N7O2. The van der Waals surface area contributed by atoms with Crippen molar-refractivity contribution in [3.63, 3.8) is 0 Å². The summed E-state index contributed by atoms with van der Waals surface area (Å²) in [7, 11) is 2.14. The van der Waals surface area contributed by atoms with Gasteiger partial charge in [0.25, 0.3) is 0 Å². The number of amides is 2. The van der Waals surface area contributed by atoms with Gasteiger partial charge in [-0.05, 0) is 74.5 Å². The van der Waals surface area contributed by atoms with Crippen molar-refractivity contribution in [3.05, 3.63) is 47.8 Å². The van der Waals surface area contributed by atoms with E-state index in [-0.39, 0.29) is 6.04 Å². The smallest absolute Gasteiger partial charge is 0.313 e. The maximum Gasteiger partial charge on any atom is 0.313 e. The topological polar surface area (TPSA) is 109 Å². The van der Waals surface area contributed by atoms with Crippen molar-refractivity contribution >= 4 is 34.2 Å². The number of rotatable bonds is 4. The highest BCUT2D eigenvalue weighted by atomic mass is 16.2. The first-order chi connectivity index (χ1) is 17.3. The number of likely N-dealkylation sites (tertiary alicyclic amines) is 2. The number of nitrogens with one attached hydrogen (secondary N) is 1. The third-order valence-corrected chi connectivity index (χ3v) is 7.58. The lowest BCUT2D eigenvalue weighted by Gasteiger charge is -2.38. The van der Waals surface area contributed by atoms with E-state index in [4.69, 9.17) is 10.8 Å². The van der Waals surface area contributed by atoms with E-state index in [1.54, 1.807) is 11.0 Å². The van der Waals surface area contributed by atoms with Gasteiger partial charge in [0.2, 0.25) is 0 Å². The lowest BCUT2D eigenvalue weighted by atomic mass is 9.89. The Morgan fingerprint density at radius 1 is 1.17 bits per heavy atom. The van der Waals surface area contributed by atoms with Crippen molar-refractivity contribution in [1.29, 1.82) is 0 Å². The summed E-state index contributed by atoms with van der Waals surface area (Å²) in [5.41, 5.74) is 9.19. The molecule has 0 aliphatic carbocycles. The average Bonchev–Trinajstić information content (AvgIpc) is 3.50. The van der Waals surface area contributed by atoms with E-state index in [9.17, 15) is 9.59 Å². The first-order valence-electron chi connectivity index (χ1n) is 12.9. The number of nitrogens with zero attached hydrogens (tertiary/aromatic N) is 5. The highest BCUT2D eigenvalue weighted by Gasteiger charge is 2.34. The van der Waals surface area contributed by atoms with E-state index in [0.29, 0.717) is 36.4 Å². The zero-order valence-electron chi connectivity index (χ0n) is 21.3. The monoisotopic (exact) mass is 489 g/mol. The predicted molar refractivity (Wildman–Crippen MR) is 140 cm³/mol. The van der Waals surface area contributed by atoms with Gasteiger partial charge in [0.05, 0.1) is 29.5 Å². The number of likely N-dealkylation sites (N-methyl/N-ethyl adjacent to an activating group) is 1. The number of aryl methyl sites for hydroxylation is 1. The number of anilines is 2. The fraction of sp³-hybridized carbons (Fsp3) is 0.481. The van der Waals surface area contributed by atoms with Gasteiger partial charge in [-0.2, -0.15) is 5.10 Å². The highest BCUT2D eigenvalue weighted by Crippen LogP contribution is 2.35. The van der Waals surface area contributed by atoms with E-state index in [1.807, 2.05) is 13.0 Å². The second-order valence-corrected chi connectivity index (χ2v) is 10.4. The fourth-order valence-electron chi connectivity index (χ4n) is 5.50. The number of benzene rings is 1. The molecule has 3 N–H and O–H groups in total. The molecule has 9 heteroatoms. The van der Waals surface area contributed by atoms with Gasteiger partial charge in [-0.15, -0.1) is 0 Å². The van der Waals surface area contributed by atoms with E-state index in [1.165, 1.54) is 6.20 Å². The number of carbonyl (C=O) groups excluding carboxylic acids is 2. The lowest BCUT2D eigenvalue weighted by Crippen LogP contribution is -2.46. The molecule has 3 atom stereocenters. The minimum Gasteiger partial charge on any atom is -0.383 e. The van der Waals surface area contributed by atoms with Gasteiger partial charge in [-0.1, -0.05) is 19.9 Å². The minimum atomic E-state index is -0.651. The van der Waals surface area contributed by atoms with Gasteiger partial charge >= 0.3 is 11.8 Å². The van der Waals surface area contributed by atoms with Crippen LogP contribution in [0.1, 0.15) is 56.3 Å². The Labute approximate surface area is 211 Å². The second-order valence-electron chi connectivity index (χ2n) is 10.4. The van der Waals surface area contributed by atoms with Crippen LogP contribution in [0.15, 0.2) is 36.7 Å². The van der Waals surface area contributed by atoms with Crippen LogP contribution in [0.25, 0.3) is 10.9 Å². The molecule has 0 radical (unpaired) electrons. The molecule has 1 aromatic carbocycles. The van der Waals surface area contributed by atoms with Crippen molar-refractivity contribution in [2.24, 2.45) is 5.92 Å². The molecule has 0 unspecified atom stereocenters. The van der Waals surface area contributed by atoms with Crippen LogP contribution in [0.4, 0.5) is 11.5 Å². The third-order valence-electron chi connectivity index (χ3n) is 7.58. The van der Waals surface area contributed by atoms with Crippen LogP contribution in [-0.2, 0) is 16.0 Å². The molecule has 2 aromatic heterocycles. The third kappa shape index (κ3) is 4.80. The van der Waals surface area contributed by atoms with E-state index in [0.717, 1.165) is 54.4 Å². The molecule has 0 saturated carbocycles. The number of aromatic nitrogens is 3. The zero-order chi connectivity index (χ0) is 25.4. The van der Waals surface area contributed by atoms with Crippen LogP contribution in [0.3, 0.4) is 0 Å². The number of nitrogen functional groups attached to an aromatic ring is 1. The van der Waals surface area contributed by atoms with Gasteiger partial charge in [-0.25, -0.2) is 4.98 Å². The Kier molecular flexibility index (Phi) is 6.66. The molecule has 2 aliphatic heterocycles. The molecule has 5 rings (SSSR count). The zero-order valence-corrected chi connectivity index (χ0v) is 21.3. The summed E-state index contributed by atoms with van der Waals surface area (Å²) in [6.07, 6.45) is 7.22. The molecule has 36 heavy (non-hydrogen) atoms. The minimum absolute atomic E-state index is 0.152. The van der Waals surface area contributed by atoms with Gasteiger partial charge in [0.15, 0.2) is 0 Å². The first kappa shape index (κ1) is 24.2. The van der Waals surface area contributed by atoms with Crippen LogP contribution in [-0.4, -0.2) is 63.1 Å². The number of fused-ring (bicyclic) bond motifs is 1. The van der Waals surface area contributed by atoms with Crippen molar-refractivity contribution in [2.45, 2.75) is 51.6 Å². The Hall–Kier alpha value is -3.46. The summed E-state index contributed by atoms with van der Waals surface area (Å²) in [5.74, 6) is -0.410. The SMILES string of the molecule is CCc1cc(NC(=O)C(=O)N2C[C@@H](C)CC[C@@H]2c2ccc3nn([C@@H]4CCN(C)C4)cc3c2)cnc1N. The van der Waals surface area contributed by atoms with E-state index in [2.05, 4.69) is 52.2 Å². The summed E-state index contributed by atoms with van der Waals surface area (Å²) in [6.45, 7) is 6.72. The quantitative estimate of drug-likeness (QED) is 0.544. The normalized spacial score (nSPS) is 22.8. The van der Waals surface area contributed by atoms with Crippen molar-refractivity contribution in [2.75, 3.05) is 37.7 Å². The standard InChI is InChI=1S/C27H35N7O2/c1-4-18-12-21(13-29-25(18)28)30-26(35)27(36)33-14-17(2)5-8-24(33)19-6-7-23-20(11-19)15-34(31-23)22-9-10-32(3)16-22/h6-7,11-13,15,17,22,24H,4-5,8-10,14,16H2,1-3H3,(H2,28,29)(H,30,35)/t17-,22+,24+/m0/s1. The van der Waals surface area contributed by atoms with E-state index >= 15 is 0 Å². The molecule has 0 spiro atoms. The molecule has 0 bridgehead atoms. The molecule has 2 fully saturated rings. The highest BCUT2D eigenvalue weighted by molar-refractivity contribution is 6.39. The Morgan fingerprint density at radius 3 is 2.75 bits per heavy atom. The fourth-order valence-corrected chi connectivity index (χ4v) is 5.50. The summed E-state index contributed by atoms with van der Waals surface area (Å²) < 4.78 is 2.09. The first-order valence-corrected chi connectivity index (χ1v) is 12.9. The molecule has 2 amide bonds. The van der Waals surface area contributed by atoms with Crippen molar-refractivity contribution < 1.29 is 9.59 Å². The summed E-state index contributed by atoms with van der Waals surface area (Å²) in [5, 5.41) is 8.60. The lowest BCUT2D eigenvalue weighted by molar-refractivity contribution is -0.146. The van der Waals surface area contributed by atoms with E-state index < -0.39 is 11.8 Å². The summed E-state index contributed by atoms with van der Waals surface area (Å²) in [6, 6.07) is 8.23. The molecule has 2 saturated heterocycles. The summed E-state index contributed by atoms with van der Waals surface area (Å²) >= 11 is 0. The summed E-state index contributed by atoms with van der Waals surface area (Å²) in [4.78, 5) is 34.6. The number of hydrogen-bond donors (Lipinski definition) is 2. The van der Waals surface area contributed by atoms with Gasteiger partial charge in [-0.3, -0.25) is 14.3 Å². The van der Waals surface area contributed by atoms with Crippen molar-refractivity contribution in [3.8, 4) is 0 Å². The maximum absolute atomic E-state index is 13.4. The van der Waals surface area contributed by atoms with Gasteiger partial charge in [0.1, 0.15) is 5.82 Å². The number of carbonyl (C=O) groups is 2. The van der Waals surface area contributed by atoms with Crippen LogP contribution >= 0.6 is 0 Å². The number of pyridine rings is 1. The largest absolute Gasteiger partial charge is 0.383 e. The second kappa shape index (κ2) is 9.89. The van der Waals surface area contributed by atoms with Crippen LogP contribution in [0.5, 0.6) is 0 Å². The van der Waals surface area contributed by atoms with Gasteiger partial charge in [0, 0.05) is 24.7 Å². The van der Waals surface area contributed by atoms with Crippen LogP contribution < -0.4 is 11.1 Å². The van der Waals surface area contributed by atoms with Crippen LogP contribution in [0, 0.1) is 5.92 Å². The molecular weight excluding hydrogens is 454 g/mol. The molecule has 9 nitrogen and oxygen atoms in total. The number of piperidine rings is 1. The Balaban J connectivity index is 1.37. The van der Waals surface area contributed by atoms with Crippen molar-refractivity contribution in [1.82, 2.24) is 24.6 Å². The predicted octanol–water partition coefficient (Wildman–Crippen LogP) is 3.39. The molecule has 3 aromatic rings. The molecule has 2 aliphatic rings. The molecule has 4 heterocycles. The van der Waals surface area contributed by atoms with Gasteiger partial charge < -0.3 is 20.9 Å². The maximum atomic E-state index is 13.4. The average molecular weight is 490 g/mol. The number of hydrogen-bond acceptors (Lipinski definition) is 6.